The Balaban J connectivity index is 1.99. The van der Waals surface area contributed by atoms with Crippen molar-refractivity contribution in [2.24, 2.45) is 0 Å². The molecule has 4 heteroatoms. The Kier molecular flexibility index (Phi) is 3.74. The third kappa shape index (κ3) is 2.82. The number of ether oxygens (including phenoxy) is 1. The number of carbonyl (C=O) groups is 1. The van der Waals surface area contributed by atoms with Crippen molar-refractivity contribution in [3.8, 4) is 0 Å². The van der Waals surface area contributed by atoms with Gasteiger partial charge in [-0.25, -0.2) is 4.39 Å². The van der Waals surface area contributed by atoms with Crippen molar-refractivity contribution < 1.29 is 13.9 Å². The lowest BCUT2D eigenvalue weighted by Crippen LogP contribution is -2.41. The van der Waals surface area contributed by atoms with E-state index in [0.717, 1.165) is 19.4 Å². The van der Waals surface area contributed by atoms with Gasteiger partial charge in [-0.15, -0.1) is 0 Å². The number of amides is 1. The van der Waals surface area contributed by atoms with Gasteiger partial charge in [0.05, 0.1) is 17.7 Å². The summed E-state index contributed by atoms with van der Waals surface area (Å²) in [6.07, 6.45) is 2.01. The molecule has 0 radical (unpaired) electrons. The SMILES string of the molecule is C[C@@H](NC(=O)c1ccccc1F)[C@@H]1CCCO1. The molecule has 1 aliphatic heterocycles. The molecule has 2 rings (SSSR count). The van der Waals surface area contributed by atoms with E-state index in [4.69, 9.17) is 4.74 Å². The molecule has 0 aromatic heterocycles. The zero-order chi connectivity index (χ0) is 12.3. The average Bonchev–Trinajstić information content (AvgIpc) is 2.82. The highest BCUT2D eigenvalue weighted by molar-refractivity contribution is 5.94. The first-order valence-electron chi connectivity index (χ1n) is 5.85. The summed E-state index contributed by atoms with van der Waals surface area (Å²) >= 11 is 0. The third-order valence-corrected chi connectivity index (χ3v) is 3.00. The molecule has 17 heavy (non-hydrogen) atoms. The molecule has 1 N–H and O–H groups in total. The fourth-order valence-electron chi connectivity index (χ4n) is 2.02. The molecule has 92 valence electrons. The van der Waals surface area contributed by atoms with Crippen LogP contribution >= 0.6 is 0 Å². The first kappa shape index (κ1) is 12.0. The minimum atomic E-state index is -0.496. The molecule has 3 nitrogen and oxygen atoms in total. The Hall–Kier alpha value is -1.42. The van der Waals surface area contributed by atoms with Gasteiger partial charge in [-0.2, -0.15) is 0 Å². The fraction of sp³-hybridized carbons (Fsp3) is 0.462. The van der Waals surface area contributed by atoms with Crippen LogP contribution < -0.4 is 5.32 Å². The molecule has 0 unspecified atom stereocenters. The highest BCUT2D eigenvalue weighted by Crippen LogP contribution is 2.16. The summed E-state index contributed by atoms with van der Waals surface area (Å²) in [6, 6.07) is 5.88. The van der Waals surface area contributed by atoms with Gasteiger partial charge in [0.2, 0.25) is 0 Å². The number of rotatable bonds is 3. The number of halogens is 1. The quantitative estimate of drug-likeness (QED) is 0.874. The van der Waals surface area contributed by atoms with Crippen molar-refractivity contribution in [2.45, 2.75) is 31.9 Å². The lowest BCUT2D eigenvalue weighted by Gasteiger charge is -2.20. The summed E-state index contributed by atoms with van der Waals surface area (Å²) in [5, 5.41) is 2.78. The topological polar surface area (TPSA) is 38.3 Å². The molecule has 2 atom stereocenters. The van der Waals surface area contributed by atoms with Crippen molar-refractivity contribution >= 4 is 5.91 Å². The van der Waals surface area contributed by atoms with E-state index >= 15 is 0 Å². The lowest BCUT2D eigenvalue weighted by molar-refractivity contribution is 0.0710. The smallest absolute Gasteiger partial charge is 0.254 e. The Morgan fingerprint density at radius 1 is 1.53 bits per heavy atom. The van der Waals surface area contributed by atoms with Gasteiger partial charge in [-0.05, 0) is 31.9 Å². The van der Waals surface area contributed by atoms with Gasteiger partial charge in [-0.1, -0.05) is 12.1 Å². The van der Waals surface area contributed by atoms with E-state index < -0.39 is 5.82 Å². The van der Waals surface area contributed by atoms with Gasteiger partial charge in [0, 0.05) is 6.61 Å². The van der Waals surface area contributed by atoms with E-state index in [1.54, 1.807) is 12.1 Å². The number of hydrogen-bond donors (Lipinski definition) is 1. The summed E-state index contributed by atoms with van der Waals surface area (Å²) in [5.74, 6) is -0.879. The van der Waals surface area contributed by atoms with Gasteiger partial charge in [0.25, 0.3) is 5.91 Å². The molecule has 1 aliphatic rings. The maximum Gasteiger partial charge on any atom is 0.254 e. The van der Waals surface area contributed by atoms with Crippen molar-refractivity contribution in [2.75, 3.05) is 6.61 Å². The molecule has 1 aromatic rings. The normalized spacial score (nSPS) is 21.2. The maximum atomic E-state index is 13.4. The van der Waals surface area contributed by atoms with E-state index in [2.05, 4.69) is 5.32 Å². The summed E-state index contributed by atoms with van der Waals surface area (Å²) in [7, 11) is 0. The first-order chi connectivity index (χ1) is 8.18. The van der Waals surface area contributed by atoms with E-state index in [-0.39, 0.29) is 23.6 Å². The maximum absolute atomic E-state index is 13.4. The number of nitrogens with one attached hydrogen (secondary N) is 1. The first-order valence-corrected chi connectivity index (χ1v) is 5.85. The Labute approximate surface area is 100.0 Å². The second kappa shape index (κ2) is 5.27. The van der Waals surface area contributed by atoms with Gasteiger partial charge in [0.15, 0.2) is 0 Å². The summed E-state index contributed by atoms with van der Waals surface area (Å²) in [4.78, 5) is 11.8. The minimum Gasteiger partial charge on any atom is -0.376 e. The van der Waals surface area contributed by atoms with Crippen molar-refractivity contribution in [1.29, 1.82) is 0 Å². The average molecular weight is 237 g/mol. The predicted molar refractivity (Wildman–Crippen MR) is 62.3 cm³/mol. The van der Waals surface area contributed by atoms with Crippen molar-refractivity contribution in [1.82, 2.24) is 5.32 Å². The van der Waals surface area contributed by atoms with Gasteiger partial charge < -0.3 is 10.1 Å². The van der Waals surface area contributed by atoms with Crippen LogP contribution in [0.2, 0.25) is 0 Å². The Bertz CT molecular complexity index is 402. The van der Waals surface area contributed by atoms with Crippen LogP contribution in [-0.4, -0.2) is 24.7 Å². The summed E-state index contributed by atoms with van der Waals surface area (Å²) in [5.41, 5.74) is 0.0809. The van der Waals surface area contributed by atoms with Crippen LogP contribution in [0.4, 0.5) is 4.39 Å². The molecule has 0 saturated carbocycles. The molecule has 0 spiro atoms. The molecule has 0 bridgehead atoms. The van der Waals surface area contributed by atoms with Crippen LogP contribution in [0.1, 0.15) is 30.1 Å². The van der Waals surface area contributed by atoms with Crippen LogP contribution in [0.3, 0.4) is 0 Å². The van der Waals surface area contributed by atoms with Gasteiger partial charge in [0.1, 0.15) is 5.82 Å². The van der Waals surface area contributed by atoms with Gasteiger partial charge >= 0.3 is 0 Å². The lowest BCUT2D eigenvalue weighted by atomic mass is 10.1. The summed E-state index contributed by atoms with van der Waals surface area (Å²) < 4.78 is 18.8. The summed E-state index contributed by atoms with van der Waals surface area (Å²) in [6.45, 7) is 2.62. The van der Waals surface area contributed by atoms with Crippen LogP contribution in [-0.2, 0) is 4.74 Å². The van der Waals surface area contributed by atoms with Crippen LogP contribution in [0.5, 0.6) is 0 Å². The fourth-order valence-corrected chi connectivity index (χ4v) is 2.02. The van der Waals surface area contributed by atoms with Crippen molar-refractivity contribution in [3.63, 3.8) is 0 Å². The van der Waals surface area contributed by atoms with Crippen LogP contribution in [0.25, 0.3) is 0 Å². The standard InChI is InChI=1S/C13H16FNO2/c1-9(12-7-4-8-17-12)15-13(16)10-5-2-3-6-11(10)14/h2-3,5-6,9,12H,4,7-8H2,1H3,(H,15,16)/t9-,12+/m1/s1. The van der Waals surface area contributed by atoms with E-state index in [0.29, 0.717) is 0 Å². The largest absolute Gasteiger partial charge is 0.376 e. The second-order valence-electron chi connectivity index (χ2n) is 4.29. The predicted octanol–water partition coefficient (Wildman–Crippen LogP) is 2.12. The Morgan fingerprint density at radius 2 is 2.29 bits per heavy atom. The van der Waals surface area contributed by atoms with Gasteiger partial charge in [-0.3, -0.25) is 4.79 Å². The van der Waals surface area contributed by atoms with E-state index in [9.17, 15) is 9.18 Å². The minimum absolute atomic E-state index is 0.0470. The number of carbonyl (C=O) groups excluding carboxylic acids is 1. The van der Waals surface area contributed by atoms with E-state index in [1.807, 2.05) is 6.92 Å². The number of hydrogen-bond acceptors (Lipinski definition) is 2. The highest BCUT2D eigenvalue weighted by Gasteiger charge is 2.24. The molecule has 1 heterocycles. The molecule has 1 amide bonds. The number of benzene rings is 1. The van der Waals surface area contributed by atoms with Crippen molar-refractivity contribution in [3.05, 3.63) is 35.6 Å². The zero-order valence-corrected chi connectivity index (χ0v) is 9.78. The molecular weight excluding hydrogens is 221 g/mol. The molecule has 1 aromatic carbocycles. The molecule has 0 aliphatic carbocycles. The highest BCUT2D eigenvalue weighted by atomic mass is 19.1. The molecule has 1 saturated heterocycles. The zero-order valence-electron chi connectivity index (χ0n) is 9.78. The van der Waals surface area contributed by atoms with Crippen LogP contribution in [0, 0.1) is 5.82 Å². The van der Waals surface area contributed by atoms with E-state index in [1.165, 1.54) is 12.1 Å². The third-order valence-electron chi connectivity index (χ3n) is 3.00. The molecular formula is C13H16FNO2. The van der Waals surface area contributed by atoms with Crippen LogP contribution in [0.15, 0.2) is 24.3 Å². The monoisotopic (exact) mass is 237 g/mol. The Morgan fingerprint density at radius 3 is 2.94 bits per heavy atom. The molecule has 1 fully saturated rings. The second-order valence-corrected chi connectivity index (χ2v) is 4.29.